The van der Waals surface area contributed by atoms with E-state index in [4.69, 9.17) is 20.5 Å². The van der Waals surface area contributed by atoms with Gasteiger partial charge in [-0.1, -0.05) is 5.16 Å². The molecule has 0 unspecified atom stereocenters. The minimum absolute atomic E-state index is 0.0820. The Labute approximate surface area is 101 Å². The Bertz CT molecular complexity index is 582. The Balaban J connectivity index is 2.13. The molecule has 2 aromatic rings. The van der Waals surface area contributed by atoms with Gasteiger partial charge in [0.2, 0.25) is 0 Å². The molecule has 0 spiro atoms. The highest BCUT2D eigenvalue weighted by Gasteiger charge is 2.36. The third kappa shape index (κ3) is 1.72. The van der Waals surface area contributed by atoms with E-state index in [2.05, 4.69) is 5.16 Å². The van der Waals surface area contributed by atoms with Crippen molar-refractivity contribution in [1.82, 2.24) is 5.16 Å². The number of carboxylic acids is 1. The average Bonchev–Trinajstić information content (AvgIpc) is 2.87. The van der Waals surface area contributed by atoms with Crippen molar-refractivity contribution in [1.29, 1.82) is 0 Å². The van der Waals surface area contributed by atoms with Crippen LogP contribution < -0.4 is 0 Å². The summed E-state index contributed by atoms with van der Waals surface area (Å²) >= 11 is 5.65. The number of aromatic nitrogens is 1. The van der Waals surface area contributed by atoms with Crippen LogP contribution in [-0.2, 0) is 0 Å². The standard InChI is InChI=1S/C11H8ClNO4/c12-7-4-3-6(16-7)9-8(11(14)15)10(17-13-9)5-1-2-5/h3-5H,1-2H2,(H,14,15). The molecule has 2 heterocycles. The van der Waals surface area contributed by atoms with Crippen LogP contribution in [0.15, 0.2) is 21.1 Å². The number of furan rings is 1. The lowest BCUT2D eigenvalue weighted by atomic mass is 10.1. The first kappa shape index (κ1) is 10.4. The first-order valence-corrected chi connectivity index (χ1v) is 5.53. The predicted molar refractivity (Wildman–Crippen MR) is 58.1 cm³/mol. The molecule has 5 nitrogen and oxygen atoms in total. The fraction of sp³-hybridized carbons (Fsp3) is 0.273. The Morgan fingerprint density at radius 3 is 2.76 bits per heavy atom. The molecule has 1 aliphatic carbocycles. The zero-order valence-electron chi connectivity index (χ0n) is 8.64. The highest BCUT2D eigenvalue weighted by Crippen LogP contribution is 2.44. The molecule has 1 N–H and O–H groups in total. The quantitative estimate of drug-likeness (QED) is 0.909. The van der Waals surface area contributed by atoms with Gasteiger partial charge in [-0.2, -0.15) is 0 Å². The number of aromatic carboxylic acids is 1. The molecule has 1 saturated carbocycles. The third-order valence-corrected chi connectivity index (χ3v) is 2.89. The molecule has 0 radical (unpaired) electrons. The lowest BCUT2D eigenvalue weighted by Gasteiger charge is -1.94. The maximum Gasteiger partial charge on any atom is 0.341 e. The van der Waals surface area contributed by atoms with Crippen molar-refractivity contribution in [2.45, 2.75) is 18.8 Å². The molecule has 0 saturated heterocycles. The monoisotopic (exact) mass is 253 g/mol. The molecule has 6 heteroatoms. The van der Waals surface area contributed by atoms with Gasteiger partial charge in [0.1, 0.15) is 5.56 Å². The Morgan fingerprint density at radius 1 is 1.47 bits per heavy atom. The summed E-state index contributed by atoms with van der Waals surface area (Å²) in [5.74, 6) is -0.147. The van der Waals surface area contributed by atoms with E-state index in [1.165, 1.54) is 6.07 Å². The zero-order valence-corrected chi connectivity index (χ0v) is 9.40. The lowest BCUT2D eigenvalue weighted by Crippen LogP contribution is -2.00. The van der Waals surface area contributed by atoms with Crippen molar-refractivity contribution < 1.29 is 18.8 Å². The molecule has 3 rings (SSSR count). The van der Waals surface area contributed by atoms with E-state index in [1.807, 2.05) is 0 Å². The van der Waals surface area contributed by atoms with Gasteiger partial charge in [-0.3, -0.25) is 0 Å². The van der Waals surface area contributed by atoms with Gasteiger partial charge in [0.05, 0.1) is 0 Å². The van der Waals surface area contributed by atoms with Crippen LogP contribution in [0.4, 0.5) is 0 Å². The number of nitrogens with zero attached hydrogens (tertiary/aromatic N) is 1. The zero-order chi connectivity index (χ0) is 12.0. The second-order valence-electron chi connectivity index (χ2n) is 3.95. The lowest BCUT2D eigenvalue weighted by molar-refractivity contribution is 0.0695. The third-order valence-electron chi connectivity index (χ3n) is 2.69. The van der Waals surface area contributed by atoms with E-state index < -0.39 is 5.97 Å². The predicted octanol–water partition coefficient (Wildman–Crippen LogP) is 3.16. The second-order valence-corrected chi connectivity index (χ2v) is 4.33. The maximum absolute atomic E-state index is 11.2. The van der Waals surface area contributed by atoms with Gasteiger partial charge in [0, 0.05) is 5.92 Å². The highest BCUT2D eigenvalue weighted by molar-refractivity contribution is 6.29. The minimum atomic E-state index is -1.06. The molecule has 0 aromatic carbocycles. The maximum atomic E-state index is 11.2. The molecule has 2 aromatic heterocycles. The molecule has 0 bridgehead atoms. The molecule has 1 fully saturated rings. The van der Waals surface area contributed by atoms with E-state index in [9.17, 15) is 9.90 Å². The number of carbonyl (C=O) groups is 1. The highest BCUT2D eigenvalue weighted by atomic mass is 35.5. The molecular weight excluding hydrogens is 246 g/mol. The van der Waals surface area contributed by atoms with Crippen molar-refractivity contribution in [2.24, 2.45) is 0 Å². The van der Waals surface area contributed by atoms with Crippen LogP contribution in [0.2, 0.25) is 5.22 Å². The van der Waals surface area contributed by atoms with Gasteiger partial charge in [-0.15, -0.1) is 0 Å². The molecule has 0 aliphatic heterocycles. The summed E-state index contributed by atoms with van der Waals surface area (Å²) in [6.07, 6.45) is 1.88. The van der Waals surface area contributed by atoms with Crippen molar-refractivity contribution in [3.8, 4) is 11.5 Å². The SMILES string of the molecule is O=C(O)c1c(-c2ccc(Cl)o2)noc1C1CC1. The van der Waals surface area contributed by atoms with Gasteiger partial charge in [0.25, 0.3) is 0 Å². The summed E-state index contributed by atoms with van der Waals surface area (Å²) in [5, 5.41) is 13.2. The number of rotatable bonds is 3. The largest absolute Gasteiger partial charge is 0.477 e. The topological polar surface area (TPSA) is 76.5 Å². The summed E-state index contributed by atoms with van der Waals surface area (Å²) < 4.78 is 10.3. The second kappa shape index (κ2) is 3.63. The van der Waals surface area contributed by atoms with Gasteiger partial charge in [-0.05, 0) is 36.6 Å². The summed E-state index contributed by atoms with van der Waals surface area (Å²) in [7, 11) is 0. The Morgan fingerprint density at radius 2 is 2.24 bits per heavy atom. The Kier molecular flexibility index (Phi) is 2.22. The number of carboxylic acid groups (broad SMARTS) is 1. The van der Waals surface area contributed by atoms with E-state index in [1.54, 1.807) is 6.07 Å². The number of hydrogen-bond donors (Lipinski definition) is 1. The van der Waals surface area contributed by atoms with Crippen LogP contribution in [0.25, 0.3) is 11.5 Å². The summed E-state index contributed by atoms with van der Waals surface area (Å²) in [6, 6.07) is 3.11. The van der Waals surface area contributed by atoms with Gasteiger partial charge < -0.3 is 14.0 Å². The van der Waals surface area contributed by atoms with E-state index >= 15 is 0 Å². The van der Waals surface area contributed by atoms with E-state index in [-0.39, 0.29) is 22.4 Å². The fourth-order valence-electron chi connectivity index (χ4n) is 1.74. The molecule has 88 valence electrons. The smallest absolute Gasteiger partial charge is 0.341 e. The van der Waals surface area contributed by atoms with Gasteiger partial charge in [0.15, 0.2) is 22.4 Å². The Hall–Kier alpha value is -1.75. The van der Waals surface area contributed by atoms with E-state index in [0.29, 0.717) is 11.5 Å². The van der Waals surface area contributed by atoms with Crippen LogP contribution in [-0.4, -0.2) is 16.2 Å². The first-order chi connectivity index (χ1) is 8.16. The van der Waals surface area contributed by atoms with Crippen LogP contribution in [0.1, 0.15) is 34.9 Å². The summed E-state index contributed by atoms with van der Waals surface area (Å²) in [5.41, 5.74) is 0.282. The number of halogens is 1. The van der Waals surface area contributed by atoms with Crippen LogP contribution in [0.5, 0.6) is 0 Å². The molecule has 0 amide bonds. The normalized spacial score (nSPS) is 15.1. The van der Waals surface area contributed by atoms with Crippen molar-refractivity contribution >= 4 is 17.6 Å². The fourth-order valence-corrected chi connectivity index (χ4v) is 1.89. The minimum Gasteiger partial charge on any atom is -0.477 e. The molecule has 0 atom stereocenters. The molecular formula is C11H8ClNO4. The number of hydrogen-bond acceptors (Lipinski definition) is 4. The summed E-state index contributed by atoms with van der Waals surface area (Å²) in [6.45, 7) is 0. The van der Waals surface area contributed by atoms with Crippen molar-refractivity contribution in [2.75, 3.05) is 0 Å². The average molecular weight is 254 g/mol. The molecule has 1 aliphatic rings. The van der Waals surface area contributed by atoms with Crippen molar-refractivity contribution in [3.63, 3.8) is 0 Å². The van der Waals surface area contributed by atoms with Crippen LogP contribution in [0, 0.1) is 0 Å². The van der Waals surface area contributed by atoms with Crippen LogP contribution >= 0.6 is 11.6 Å². The van der Waals surface area contributed by atoms with Gasteiger partial charge in [-0.25, -0.2) is 4.79 Å². The van der Waals surface area contributed by atoms with Gasteiger partial charge >= 0.3 is 5.97 Å². The summed E-state index contributed by atoms with van der Waals surface area (Å²) in [4.78, 5) is 11.2. The van der Waals surface area contributed by atoms with E-state index in [0.717, 1.165) is 12.8 Å². The first-order valence-electron chi connectivity index (χ1n) is 5.15. The molecule has 17 heavy (non-hydrogen) atoms. The van der Waals surface area contributed by atoms with Crippen molar-refractivity contribution in [3.05, 3.63) is 28.7 Å². The van der Waals surface area contributed by atoms with Crippen LogP contribution in [0.3, 0.4) is 0 Å².